The topological polar surface area (TPSA) is 85.0 Å². The summed E-state index contributed by atoms with van der Waals surface area (Å²) in [7, 11) is 3.72. The maximum Gasteiger partial charge on any atom is 0.274 e. The number of halogens is 2. The molecular weight excluding hydrogens is 481 g/mol. The molecule has 0 spiro atoms. The summed E-state index contributed by atoms with van der Waals surface area (Å²) < 4.78 is 17.1. The molecule has 0 bridgehead atoms. The number of aliphatic hydroxyl groups is 1. The fourth-order valence-electron chi connectivity index (χ4n) is 6.36. The molecule has 2 aromatic heterocycles. The molecule has 2 unspecified atom stereocenters. The lowest BCUT2D eigenvalue weighted by Gasteiger charge is -2.25. The van der Waals surface area contributed by atoms with Crippen molar-refractivity contribution in [2.45, 2.75) is 57.5 Å². The van der Waals surface area contributed by atoms with Crippen molar-refractivity contribution in [2.24, 2.45) is 31.8 Å². The molecule has 1 aromatic carbocycles. The van der Waals surface area contributed by atoms with Crippen LogP contribution in [0.15, 0.2) is 30.6 Å². The fourth-order valence-corrected chi connectivity index (χ4v) is 6.54. The molecule has 5 rings (SSSR count). The third kappa shape index (κ3) is 4.57. The van der Waals surface area contributed by atoms with Crippen LogP contribution in [0.4, 0.5) is 10.1 Å². The monoisotopic (exact) mass is 513 g/mol. The molecule has 36 heavy (non-hydrogen) atoms. The predicted octanol–water partition coefficient (Wildman–Crippen LogP) is 5.19. The molecule has 1 amide bonds. The number of aromatic nitrogens is 4. The molecule has 2 atom stereocenters. The number of amides is 1. The Morgan fingerprint density at radius 3 is 2.58 bits per heavy atom. The summed E-state index contributed by atoms with van der Waals surface area (Å²) in [6.45, 7) is 4.34. The zero-order chi connectivity index (χ0) is 25.8. The van der Waals surface area contributed by atoms with E-state index in [0.717, 1.165) is 36.3 Å². The number of anilines is 1. The molecule has 2 aliphatic carbocycles. The van der Waals surface area contributed by atoms with Gasteiger partial charge in [0.25, 0.3) is 5.91 Å². The van der Waals surface area contributed by atoms with Crippen molar-refractivity contribution in [3.63, 3.8) is 0 Å². The lowest BCUT2D eigenvalue weighted by atomic mass is 9.89. The van der Waals surface area contributed by atoms with Gasteiger partial charge in [0.05, 0.1) is 28.4 Å². The quantitative estimate of drug-likeness (QED) is 0.475. The SMILES string of the molecule is CC(C)Cc1cc(C2(O)CC3CC(c4ncn(C)c4C(=O)Nc4ccc(F)c(Cl)c4)CC3C2)n(C)n1. The van der Waals surface area contributed by atoms with Crippen molar-refractivity contribution in [3.05, 3.63) is 64.2 Å². The minimum atomic E-state index is -0.872. The Kier molecular flexibility index (Phi) is 6.45. The molecule has 9 heteroatoms. The number of carbonyl (C=O) groups excluding carboxylic acids is 1. The Bertz CT molecular complexity index is 1290. The van der Waals surface area contributed by atoms with E-state index < -0.39 is 11.4 Å². The molecule has 7 nitrogen and oxygen atoms in total. The molecule has 0 aliphatic heterocycles. The summed E-state index contributed by atoms with van der Waals surface area (Å²) in [6, 6.07) is 6.19. The lowest BCUT2D eigenvalue weighted by molar-refractivity contribution is 0.0263. The predicted molar refractivity (Wildman–Crippen MR) is 136 cm³/mol. The third-order valence-electron chi connectivity index (χ3n) is 7.81. The molecule has 2 fully saturated rings. The van der Waals surface area contributed by atoms with Gasteiger partial charge in [-0.25, -0.2) is 9.37 Å². The largest absolute Gasteiger partial charge is 0.384 e. The van der Waals surface area contributed by atoms with Crippen LogP contribution < -0.4 is 5.32 Å². The van der Waals surface area contributed by atoms with Gasteiger partial charge in [0, 0.05) is 25.7 Å². The summed E-state index contributed by atoms with van der Waals surface area (Å²) in [5.74, 6) is 0.543. The number of nitrogens with one attached hydrogen (secondary N) is 1. The number of imidazole rings is 1. The van der Waals surface area contributed by atoms with Gasteiger partial charge in [-0.2, -0.15) is 5.10 Å². The van der Waals surface area contributed by atoms with Crippen LogP contribution in [-0.2, 0) is 26.1 Å². The van der Waals surface area contributed by atoms with Gasteiger partial charge in [-0.15, -0.1) is 0 Å². The van der Waals surface area contributed by atoms with E-state index in [1.165, 1.54) is 18.2 Å². The van der Waals surface area contributed by atoms with E-state index in [0.29, 0.717) is 42.0 Å². The molecule has 0 radical (unpaired) electrons. The Balaban J connectivity index is 1.30. The highest BCUT2D eigenvalue weighted by Gasteiger charge is 2.51. The molecular formula is C27H33ClFN5O2. The zero-order valence-corrected chi connectivity index (χ0v) is 21.9. The average Bonchev–Trinajstić information content (AvgIpc) is 3.52. The average molecular weight is 514 g/mol. The van der Waals surface area contributed by atoms with Crippen molar-refractivity contribution in [1.29, 1.82) is 0 Å². The minimum Gasteiger partial charge on any atom is -0.384 e. The Morgan fingerprint density at radius 2 is 1.94 bits per heavy atom. The Hall–Kier alpha value is -2.71. The first-order valence-electron chi connectivity index (χ1n) is 12.6. The van der Waals surface area contributed by atoms with Gasteiger partial charge in [-0.1, -0.05) is 25.4 Å². The van der Waals surface area contributed by atoms with Crippen molar-refractivity contribution >= 4 is 23.2 Å². The van der Waals surface area contributed by atoms with Gasteiger partial charge < -0.3 is 15.0 Å². The highest BCUT2D eigenvalue weighted by molar-refractivity contribution is 6.31. The molecule has 192 valence electrons. The van der Waals surface area contributed by atoms with Crippen LogP contribution in [0.25, 0.3) is 0 Å². The van der Waals surface area contributed by atoms with E-state index in [2.05, 4.69) is 35.3 Å². The van der Waals surface area contributed by atoms with E-state index in [9.17, 15) is 14.3 Å². The third-order valence-corrected chi connectivity index (χ3v) is 8.10. The summed E-state index contributed by atoms with van der Waals surface area (Å²) in [5, 5.41) is 19.1. The summed E-state index contributed by atoms with van der Waals surface area (Å²) >= 11 is 5.87. The van der Waals surface area contributed by atoms with E-state index in [4.69, 9.17) is 11.6 Å². The van der Waals surface area contributed by atoms with Crippen LogP contribution in [-0.4, -0.2) is 30.3 Å². The summed E-state index contributed by atoms with van der Waals surface area (Å²) in [4.78, 5) is 17.8. The van der Waals surface area contributed by atoms with Gasteiger partial charge in [-0.05, 0) is 74.1 Å². The van der Waals surface area contributed by atoms with Crippen molar-refractivity contribution in [2.75, 3.05) is 5.32 Å². The highest BCUT2D eigenvalue weighted by Crippen LogP contribution is 2.56. The lowest BCUT2D eigenvalue weighted by Crippen LogP contribution is -2.26. The molecule has 2 N–H and O–H groups in total. The van der Waals surface area contributed by atoms with Crippen LogP contribution in [0, 0.1) is 23.6 Å². The number of rotatable bonds is 6. The van der Waals surface area contributed by atoms with Crippen LogP contribution in [0.3, 0.4) is 0 Å². The Morgan fingerprint density at radius 1 is 1.25 bits per heavy atom. The maximum absolute atomic E-state index is 13.5. The number of hydrogen-bond acceptors (Lipinski definition) is 4. The first kappa shape index (κ1) is 25.0. The van der Waals surface area contributed by atoms with Crippen molar-refractivity contribution in [3.8, 4) is 0 Å². The van der Waals surface area contributed by atoms with Crippen LogP contribution >= 0.6 is 11.6 Å². The summed E-state index contributed by atoms with van der Waals surface area (Å²) in [5.41, 5.74) is 2.77. The fraction of sp³-hybridized carbons (Fsp3) is 0.519. The van der Waals surface area contributed by atoms with E-state index in [1.807, 2.05) is 11.7 Å². The van der Waals surface area contributed by atoms with E-state index in [-0.39, 0.29) is 16.8 Å². The number of aryl methyl sites for hydroxylation is 2. The normalized spacial score (nSPS) is 25.5. The van der Waals surface area contributed by atoms with Gasteiger partial charge in [-0.3, -0.25) is 9.48 Å². The molecule has 3 aromatic rings. The second kappa shape index (κ2) is 9.30. The van der Waals surface area contributed by atoms with Crippen molar-refractivity contribution < 1.29 is 14.3 Å². The standard InChI is InChI=1S/C27H33ClFN5O2/c1-15(2)7-20-11-23(34(4)32-20)27(36)12-17-8-16(9-18(17)13-27)24-25(33(3)14-30-24)26(35)31-19-5-6-22(29)21(28)10-19/h5-6,10-11,14-18,36H,7-9,12-13H2,1-4H3,(H,31,35). The molecule has 2 saturated carbocycles. The van der Waals surface area contributed by atoms with Gasteiger partial charge in [0.15, 0.2) is 0 Å². The minimum absolute atomic E-state index is 0.0427. The second-order valence-electron chi connectivity index (χ2n) is 11.0. The smallest absolute Gasteiger partial charge is 0.274 e. The molecule has 2 aliphatic rings. The van der Waals surface area contributed by atoms with Gasteiger partial charge in [0.2, 0.25) is 0 Å². The molecule has 0 saturated heterocycles. The van der Waals surface area contributed by atoms with Gasteiger partial charge >= 0.3 is 0 Å². The number of hydrogen-bond donors (Lipinski definition) is 2. The van der Waals surface area contributed by atoms with Crippen LogP contribution in [0.5, 0.6) is 0 Å². The summed E-state index contributed by atoms with van der Waals surface area (Å²) in [6.07, 6.45) is 5.70. The van der Waals surface area contributed by atoms with Gasteiger partial charge in [0.1, 0.15) is 17.1 Å². The Labute approximate surface area is 215 Å². The first-order chi connectivity index (χ1) is 17.0. The van der Waals surface area contributed by atoms with Crippen LogP contribution in [0.2, 0.25) is 5.02 Å². The van der Waals surface area contributed by atoms with Crippen LogP contribution in [0.1, 0.15) is 73.0 Å². The highest BCUT2D eigenvalue weighted by atomic mass is 35.5. The van der Waals surface area contributed by atoms with E-state index in [1.54, 1.807) is 17.9 Å². The number of nitrogens with zero attached hydrogens (tertiary/aromatic N) is 4. The van der Waals surface area contributed by atoms with E-state index >= 15 is 0 Å². The maximum atomic E-state index is 13.5. The number of carbonyl (C=O) groups is 1. The first-order valence-corrected chi connectivity index (χ1v) is 12.9. The number of fused-ring (bicyclic) bond motifs is 1. The zero-order valence-electron chi connectivity index (χ0n) is 21.1. The second-order valence-corrected chi connectivity index (χ2v) is 11.5. The molecule has 2 heterocycles. The number of benzene rings is 1. The van der Waals surface area contributed by atoms with Crippen molar-refractivity contribution in [1.82, 2.24) is 19.3 Å².